The number of imide groups is 1. The molecule has 0 radical (unpaired) electrons. The third-order valence-electron chi connectivity index (χ3n) is 6.07. The standard InChI is InChI=1S/C18H17N3O4/c22-16-11-3-1-2-4-12(11)17(23)20(16)10-5-6-14-13(9-10)15-7-8-18(14,19-15)21(24)25/h5-9,11-12,15,19H,1-4H2/t11-,12+,15?,18-/m1/s1. The SMILES string of the molecule is O=C1[C@H]2CCCC[C@H]2C(=O)N1c1ccc2c(c1)C1C=C[C@]2([N+](=O)[O-])N1. The van der Waals surface area contributed by atoms with Crippen LogP contribution in [0.15, 0.2) is 30.4 Å². The Bertz CT molecular complexity index is 840. The van der Waals surface area contributed by atoms with Gasteiger partial charge in [0.25, 0.3) is 0 Å². The quantitative estimate of drug-likeness (QED) is 0.385. The number of carbonyl (C=O) groups is 2. The molecular formula is C18H17N3O4. The van der Waals surface area contributed by atoms with Crippen LogP contribution in [0.3, 0.4) is 0 Å². The number of nitro groups is 1. The summed E-state index contributed by atoms with van der Waals surface area (Å²) in [6.07, 6.45) is 6.85. The molecule has 5 rings (SSSR count). The van der Waals surface area contributed by atoms with Crippen LogP contribution in [0.25, 0.3) is 0 Å². The van der Waals surface area contributed by atoms with Gasteiger partial charge in [-0.2, -0.15) is 0 Å². The molecule has 1 N–H and O–H groups in total. The summed E-state index contributed by atoms with van der Waals surface area (Å²) in [4.78, 5) is 38.0. The number of amides is 2. The lowest BCUT2D eigenvalue weighted by Gasteiger charge is -2.19. The van der Waals surface area contributed by atoms with Crippen molar-refractivity contribution in [3.63, 3.8) is 0 Å². The maximum absolute atomic E-state index is 12.7. The van der Waals surface area contributed by atoms with E-state index < -0.39 is 5.66 Å². The molecule has 1 aliphatic carbocycles. The second-order valence-corrected chi connectivity index (χ2v) is 7.29. The Labute approximate surface area is 143 Å². The van der Waals surface area contributed by atoms with Crippen molar-refractivity contribution in [3.05, 3.63) is 51.6 Å². The van der Waals surface area contributed by atoms with Crippen molar-refractivity contribution in [2.45, 2.75) is 37.4 Å². The smallest absolute Gasteiger partial charge is 0.274 e. The first-order chi connectivity index (χ1) is 12.0. The predicted octanol–water partition coefficient (Wildman–Crippen LogP) is 2.01. The fourth-order valence-electron chi connectivity index (χ4n) is 4.84. The van der Waals surface area contributed by atoms with Gasteiger partial charge in [-0.05, 0) is 36.6 Å². The number of benzene rings is 1. The van der Waals surface area contributed by atoms with Crippen molar-refractivity contribution in [2.75, 3.05) is 4.90 Å². The summed E-state index contributed by atoms with van der Waals surface area (Å²) < 4.78 is 0. The fourth-order valence-corrected chi connectivity index (χ4v) is 4.84. The zero-order valence-corrected chi connectivity index (χ0v) is 13.5. The van der Waals surface area contributed by atoms with Crippen LogP contribution in [0.2, 0.25) is 0 Å². The van der Waals surface area contributed by atoms with Gasteiger partial charge in [0.15, 0.2) is 0 Å². The minimum absolute atomic E-state index is 0.120. The monoisotopic (exact) mass is 339 g/mol. The zero-order valence-electron chi connectivity index (χ0n) is 13.5. The highest BCUT2D eigenvalue weighted by Gasteiger charge is 2.55. The van der Waals surface area contributed by atoms with Crippen LogP contribution < -0.4 is 10.2 Å². The lowest BCUT2D eigenvalue weighted by molar-refractivity contribution is -0.569. The van der Waals surface area contributed by atoms with Crippen molar-refractivity contribution in [1.29, 1.82) is 0 Å². The van der Waals surface area contributed by atoms with E-state index in [4.69, 9.17) is 0 Å². The Hall–Kier alpha value is -2.54. The molecule has 128 valence electrons. The third kappa shape index (κ3) is 1.73. The molecule has 3 heterocycles. The first kappa shape index (κ1) is 14.8. The highest BCUT2D eigenvalue weighted by Crippen LogP contribution is 2.47. The Kier molecular flexibility index (Phi) is 2.81. The van der Waals surface area contributed by atoms with Crippen molar-refractivity contribution < 1.29 is 14.5 Å². The molecule has 0 spiro atoms. The average molecular weight is 339 g/mol. The molecular weight excluding hydrogens is 322 g/mol. The van der Waals surface area contributed by atoms with Crippen LogP contribution in [-0.4, -0.2) is 16.7 Å². The second-order valence-electron chi connectivity index (χ2n) is 7.29. The minimum atomic E-state index is -1.38. The molecule has 7 nitrogen and oxygen atoms in total. The summed E-state index contributed by atoms with van der Waals surface area (Å²) in [6, 6.07) is 4.84. The third-order valence-corrected chi connectivity index (χ3v) is 6.07. The number of hydrogen-bond acceptors (Lipinski definition) is 5. The number of nitrogens with zero attached hydrogens (tertiary/aromatic N) is 2. The van der Waals surface area contributed by atoms with Crippen molar-refractivity contribution in [2.24, 2.45) is 11.8 Å². The van der Waals surface area contributed by atoms with E-state index in [1.54, 1.807) is 30.4 Å². The molecule has 1 unspecified atom stereocenters. The summed E-state index contributed by atoms with van der Waals surface area (Å²) in [7, 11) is 0. The van der Waals surface area contributed by atoms with Gasteiger partial charge >= 0.3 is 5.66 Å². The van der Waals surface area contributed by atoms with E-state index >= 15 is 0 Å². The maximum atomic E-state index is 12.7. The highest BCUT2D eigenvalue weighted by atomic mass is 16.6. The molecule has 4 aliphatic rings. The van der Waals surface area contributed by atoms with Gasteiger partial charge in [0.2, 0.25) is 11.8 Å². The van der Waals surface area contributed by atoms with Crippen LogP contribution in [0.5, 0.6) is 0 Å². The topological polar surface area (TPSA) is 92.5 Å². The Balaban J connectivity index is 1.56. The molecule has 1 saturated carbocycles. The number of rotatable bonds is 2. The van der Waals surface area contributed by atoms with Crippen LogP contribution in [0.4, 0.5) is 5.69 Å². The van der Waals surface area contributed by atoms with E-state index in [1.165, 1.54) is 4.90 Å². The lowest BCUT2D eigenvalue weighted by Crippen LogP contribution is -2.40. The Morgan fingerprint density at radius 3 is 2.48 bits per heavy atom. The Morgan fingerprint density at radius 1 is 1.16 bits per heavy atom. The molecule has 7 heteroatoms. The molecule has 1 aromatic rings. The molecule has 1 aromatic carbocycles. The van der Waals surface area contributed by atoms with Gasteiger partial charge in [-0.1, -0.05) is 18.9 Å². The average Bonchev–Trinajstić information content (AvgIpc) is 3.27. The molecule has 3 aliphatic heterocycles. The van der Waals surface area contributed by atoms with Crippen molar-refractivity contribution >= 4 is 17.5 Å². The number of carbonyl (C=O) groups excluding carboxylic acids is 2. The van der Waals surface area contributed by atoms with Crippen molar-refractivity contribution in [3.8, 4) is 0 Å². The summed E-state index contributed by atoms with van der Waals surface area (Å²) in [6.45, 7) is 0. The van der Waals surface area contributed by atoms with Gasteiger partial charge in [0.05, 0.1) is 34.1 Å². The number of fused-ring (bicyclic) bond motifs is 6. The molecule has 1 saturated heterocycles. The lowest BCUT2D eigenvalue weighted by atomic mass is 9.81. The van der Waals surface area contributed by atoms with Crippen LogP contribution in [-0.2, 0) is 15.3 Å². The largest absolute Gasteiger partial charge is 0.320 e. The van der Waals surface area contributed by atoms with Crippen molar-refractivity contribution in [1.82, 2.24) is 5.32 Å². The van der Waals surface area contributed by atoms with Gasteiger partial charge in [0, 0.05) is 6.08 Å². The van der Waals surface area contributed by atoms with E-state index in [9.17, 15) is 19.7 Å². The van der Waals surface area contributed by atoms with Gasteiger partial charge < -0.3 is 0 Å². The predicted molar refractivity (Wildman–Crippen MR) is 88.1 cm³/mol. The molecule has 4 atom stereocenters. The molecule has 0 aromatic heterocycles. The number of anilines is 1. The normalized spacial score (nSPS) is 35.2. The van der Waals surface area contributed by atoms with E-state index in [0.717, 1.165) is 31.2 Å². The summed E-state index contributed by atoms with van der Waals surface area (Å²) in [5.41, 5.74) is 0.507. The molecule has 25 heavy (non-hydrogen) atoms. The fraction of sp³-hybridized carbons (Fsp3) is 0.444. The first-order valence-corrected chi connectivity index (χ1v) is 8.67. The first-order valence-electron chi connectivity index (χ1n) is 8.67. The minimum Gasteiger partial charge on any atom is -0.274 e. The van der Waals surface area contributed by atoms with E-state index in [-0.39, 0.29) is 34.6 Å². The van der Waals surface area contributed by atoms with Gasteiger partial charge in [0.1, 0.15) is 0 Å². The number of hydrogen-bond donors (Lipinski definition) is 1. The van der Waals surface area contributed by atoms with E-state index in [2.05, 4.69) is 5.32 Å². The highest BCUT2D eigenvalue weighted by molar-refractivity contribution is 6.22. The molecule has 2 bridgehead atoms. The molecule has 2 amide bonds. The summed E-state index contributed by atoms with van der Waals surface area (Å²) >= 11 is 0. The van der Waals surface area contributed by atoms with Crippen LogP contribution >= 0.6 is 0 Å². The van der Waals surface area contributed by atoms with Gasteiger partial charge in [-0.15, -0.1) is 0 Å². The van der Waals surface area contributed by atoms with Gasteiger partial charge in [-0.25, -0.2) is 5.32 Å². The van der Waals surface area contributed by atoms with Crippen LogP contribution in [0.1, 0.15) is 42.9 Å². The molecule has 2 fully saturated rings. The Morgan fingerprint density at radius 2 is 1.84 bits per heavy atom. The zero-order chi connectivity index (χ0) is 17.3. The van der Waals surface area contributed by atoms with E-state index in [1.807, 2.05) is 0 Å². The van der Waals surface area contributed by atoms with E-state index in [0.29, 0.717) is 11.3 Å². The second kappa shape index (κ2) is 4.76. The van der Waals surface area contributed by atoms with Gasteiger partial charge in [-0.3, -0.25) is 24.6 Å². The maximum Gasteiger partial charge on any atom is 0.320 e. The summed E-state index contributed by atoms with van der Waals surface area (Å²) in [5, 5.41) is 14.5. The van der Waals surface area contributed by atoms with Crippen LogP contribution in [0, 0.1) is 22.0 Å². The number of nitrogens with one attached hydrogen (secondary N) is 1. The summed E-state index contributed by atoms with van der Waals surface area (Å²) in [5.74, 6) is -0.640.